The zero-order chi connectivity index (χ0) is 23.4. The third kappa shape index (κ3) is 5.87. The van der Waals surface area contributed by atoms with E-state index < -0.39 is 0 Å². The van der Waals surface area contributed by atoms with Crippen molar-refractivity contribution >= 4 is 52.5 Å². The minimum Gasteiger partial charge on any atom is -0.289 e. The number of nitrogens with zero attached hydrogens (tertiary/aromatic N) is 3. The molecule has 1 N–H and O–H groups in total. The van der Waals surface area contributed by atoms with Gasteiger partial charge in [0.05, 0.1) is 28.5 Å². The zero-order valence-corrected chi connectivity index (χ0v) is 21.4. The van der Waals surface area contributed by atoms with E-state index in [0.717, 1.165) is 48.4 Å². The molecule has 174 valence electrons. The molecule has 0 atom stereocenters. The fraction of sp³-hybridized carbons (Fsp3) is 0.333. The smallest absolute Gasteiger partial charge is 0.240 e. The molecule has 3 aromatic rings. The predicted molar refractivity (Wildman–Crippen MR) is 139 cm³/mol. The van der Waals surface area contributed by atoms with Crippen LogP contribution in [0.2, 0.25) is 15.1 Å². The molecular weight excluding hydrogens is 499 g/mol. The highest BCUT2D eigenvalue weighted by molar-refractivity contribution is 7.97. The Morgan fingerprint density at radius 2 is 1.73 bits per heavy atom. The van der Waals surface area contributed by atoms with Crippen molar-refractivity contribution in [3.8, 4) is 16.9 Å². The van der Waals surface area contributed by atoms with E-state index in [2.05, 4.69) is 5.43 Å². The number of aromatic nitrogens is 2. The van der Waals surface area contributed by atoms with Gasteiger partial charge in [-0.05, 0) is 49.4 Å². The van der Waals surface area contributed by atoms with Crippen LogP contribution in [0.4, 0.5) is 0 Å². The summed E-state index contributed by atoms with van der Waals surface area (Å²) in [4.78, 5) is 12.9. The van der Waals surface area contributed by atoms with Crippen molar-refractivity contribution in [3.63, 3.8) is 0 Å². The summed E-state index contributed by atoms with van der Waals surface area (Å²) in [5, 5.41) is 8.58. The monoisotopic (exact) mass is 522 g/mol. The SMILES string of the molecule is CSCc1c(CC(=O)NN2CCCCC2)nn(-c2ccc(Cl)cc2Cl)c1-c1ccc(Cl)cc1. The topological polar surface area (TPSA) is 50.2 Å². The van der Waals surface area contributed by atoms with Crippen molar-refractivity contribution in [1.29, 1.82) is 0 Å². The first kappa shape index (κ1) is 24.4. The molecule has 1 aromatic heterocycles. The Balaban J connectivity index is 1.77. The number of hydrazine groups is 1. The van der Waals surface area contributed by atoms with E-state index in [1.54, 1.807) is 23.9 Å². The number of halogens is 3. The Hall–Kier alpha value is -1.70. The Labute approximate surface area is 213 Å². The molecule has 1 amide bonds. The van der Waals surface area contributed by atoms with Crippen LogP contribution in [0.3, 0.4) is 0 Å². The van der Waals surface area contributed by atoms with Gasteiger partial charge in [-0.2, -0.15) is 16.9 Å². The molecule has 2 heterocycles. The largest absolute Gasteiger partial charge is 0.289 e. The van der Waals surface area contributed by atoms with Crippen LogP contribution in [-0.4, -0.2) is 40.0 Å². The minimum atomic E-state index is -0.0613. The molecule has 0 radical (unpaired) electrons. The van der Waals surface area contributed by atoms with Crippen molar-refractivity contribution in [1.82, 2.24) is 20.2 Å². The minimum absolute atomic E-state index is 0.0613. The summed E-state index contributed by atoms with van der Waals surface area (Å²) in [6, 6.07) is 12.9. The van der Waals surface area contributed by atoms with Gasteiger partial charge in [0.15, 0.2) is 0 Å². The van der Waals surface area contributed by atoms with E-state index in [-0.39, 0.29) is 12.3 Å². The van der Waals surface area contributed by atoms with Crippen LogP contribution in [0.25, 0.3) is 16.9 Å². The van der Waals surface area contributed by atoms with E-state index in [1.807, 2.05) is 46.3 Å². The average molecular weight is 524 g/mol. The maximum atomic E-state index is 12.9. The normalized spacial score (nSPS) is 14.4. The van der Waals surface area contributed by atoms with Gasteiger partial charge in [0, 0.05) is 40.0 Å². The molecule has 5 nitrogen and oxygen atoms in total. The van der Waals surface area contributed by atoms with Gasteiger partial charge in [-0.25, -0.2) is 9.69 Å². The summed E-state index contributed by atoms with van der Waals surface area (Å²) >= 11 is 20.5. The van der Waals surface area contributed by atoms with Crippen LogP contribution in [-0.2, 0) is 17.0 Å². The van der Waals surface area contributed by atoms with Crippen LogP contribution in [0.15, 0.2) is 42.5 Å². The van der Waals surface area contributed by atoms with Gasteiger partial charge in [-0.1, -0.05) is 53.4 Å². The van der Waals surface area contributed by atoms with E-state index in [9.17, 15) is 4.79 Å². The number of hydrogen-bond donors (Lipinski definition) is 1. The summed E-state index contributed by atoms with van der Waals surface area (Å²) in [6.45, 7) is 1.77. The van der Waals surface area contributed by atoms with Gasteiger partial charge in [-0.15, -0.1) is 0 Å². The highest BCUT2D eigenvalue weighted by Crippen LogP contribution is 2.35. The van der Waals surface area contributed by atoms with Crippen LogP contribution in [0.1, 0.15) is 30.5 Å². The molecule has 1 aliphatic rings. The summed E-state index contributed by atoms with van der Waals surface area (Å²) in [5.41, 5.74) is 7.33. The molecule has 2 aromatic carbocycles. The van der Waals surface area contributed by atoms with Gasteiger partial charge in [0.1, 0.15) is 0 Å². The molecule has 33 heavy (non-hydrogen) atoms. The van der Waals surface area contributed by atoms with Gasteiger partial charge < -0.3 is 0 Å². The fourth-order valence-corrected chi connectivity index (χ4v) is 5.25. The van der Waals surface area contributed by atoms with E-state index in [0.29, 0.717) is 26.5 Å². The van der Waals surface area contributed by atoms with Crippen LogP contribution in [0, 0.1) is 0 Å². The Kier molecular flexibility index (Phi) is 8.25. The Morgan fingerprint density at radius 3 is 2.39 bits per heavy atom. The lowest BCUT2D eigenvalue weighted by Crippen LogP contribution is -2.45. The molecule has 0 bridgehead atoms. The van der Waals surface area contributed by atoms with Gasteiger partial charge >= 0.3 is 0 Å². The molecular formula is C24H25Cl3N4OS. The zero-order valence-electron chi connectivity index (χ0n) is 18.3. The van der Waals surface area contributed by atoms with Crippen molar-refractivity contribution in [3.05, 3.63) is 68.8 Å². The maximum absolute atomic E-state index is 12.9. The van der Waals surface area contributed by atoms with Crippen LogP contribution < -0.4 is 5.43 Å². The third-order valence-corrected chi connectivity index (χ3v) is 6.94. The van der Waals surface area contributed by atoms with Gasteiger partial charge in [-0.3, -0.25) is 10.2 Å². The van der Waals surface area contributed by atoms with E-state index >= 15 is 0 Å². The molecule has 0 spiro atoms. The van der Waals surface area contributed by atoms with Crippen molar-refractivity contribution < 1.29 is 4.79 Å². The lowest BCUT2D eigenvalue weighted by molar-refractivity contribution is -0.125. The lowest BCUT2D eigenvalue weighted by Gasteiger charge is -2.26. The third-order valence-electron chi connectivity index (χ3n) is 5.58. The van der Waals surface area contributed by atoms with Gasteiger partial charge in [0.2, 0.25) is 5.91 Å². The van der Waals surface area contributed by atoms with Crippen molar-refractivity contribution in [2.75, 3.05) is 19.3 Å². The number of carbonyl (C=O) groups excluding carboxylic acids is 1. The summed E-state index contributed by atoms with van der Waals surface area (Å²) in [5.74, 6) is 0.643. The Morgan fingerprint density at radius 1 is 1.03 bits per heavy atom. The number of thioether (sulfide) groups is 1. The standard InChI is InChI=1S/C24H25Cl3N4OS/c1-33-15-19-21(14-23(32)29-30-11-3-2-4-12-30)28-31(22-10-9-18(26)13-20(22)27)24(19)16-5-7-17(25)8-6-16/h5-10,13H,2-4,11-12,14-15H2,1H3,(H,29,32). The Bertz CT molecular complexity index is 1130. The van der Waals surface area contributed by atoms with Crippen molar-refractivity contribution in [2.45, 2.75) is 31.4 Å². The fourth-order valence-electron chi connectivity index (χ4n) is 4.04. The lowest BCUT2D eigenvalue weighted by atomic mass is 10.0. The van der Waals surface area contributed by atoms with Gasteiger partial charge in [0.25, 0.3) is 0 Å². The second-order valence-corrected chi connectivity index (χ2v) is 10.1. The molecule has 0 saturated carbocycles. The number of hydrogen-bond acceptors (Lipinski definition) is 4. The number of piperidine rings is 1. The van der Waals surface area contributed by atoms with E-state index in [1.165, 1.54) is 6.42 Å². The maximum Gasteiger partial charge on any atom is 0.240 e. The second kappa shape index (κ2) is 11.2. The summed E-state index contributed by atoms with van der Waals surface area (Å²) in [7, 11) is 0. The number of benzene rings is 2. The second-order valence-electron chi connectivity index (χ2n) is 7.98. The molecule has 9 heteroatoms. The quantitative estimate of drug-likeness (QED) is 0.388. The first-order chi connectivity index (χ1) is 16.0. The number of amides is 1. The molecule has 0 aliphatic carbocycles. The summed E-state index contributed by atoms with van der Waals surface area (Å²) in [6.07, 6.45) is 5.63. The molecule has 0 unspecified atom stereocenters. The number of nitrogens with one attached hydrogen (secondary N) is 1. The number of carbonyl (C=O) groups is 1. The molecule has 4 rings (SSSR count). The predicted octanol–water partition coefficient (Wildman–Crippen LogP) is 6.42. The van der Waals surface area contributed by atoms with Crippen LogP contribution >= 0.6 is 46.6 Å². The van der Waals surface area contributed by atoms with E-state index in [4.69, 9.17) is 39.9 Å². The molecule has 1 aliphatic heterocycles. The first-order valence-electron chi connectivity index (χ1n) is 10.8. The van der Waals surface area contributed by atoms with Crippen molar-refractivity contribution in [2.24, 2.45) is 0 Å². The molecule has 1 saturated heterocycles. The average Bonchev–Trinajstić information content (AvgIpc) is 3.12. The molecule has 1 fully saturated rings. The first-order valence-corrected chi connectivity index (χ1v) is 13.3. The number of rotatable bonds is 7. The van der Waals surface area contributed by atoms with Crippen LogP contribution in [0.5, 0.6) is 0 Å². The highest BCUT2D eigenvalue weighted by Gasteiger charge is 2.24. The highest BCUT2D eigenvalue weighted by atomic mass is 35.5. The summed E-state index contributed by atoms with van der Waals surface area (Å²) < 4.78 is 1.82.